The van der Waals surface area contributed by atoms with Crippen LogP contribution in [-0.2, 0) is 12.8 Å². The van der Waals surface area contributed by atoms with Gasteiger partial charge in [-0.3, -0.25) is 0 Å². The largest absolute Gasteiger partial charge is 0.507 e. The zero-order valence-corrected chi connectivity index (χ0v) is 17.4. The van der Waals surface area contributed by atoms with E-state index in [1.54, 1.807) is 20.3 Å². The lowest BCUT2D eigenvalue weighted by Crippen LogP contribution is -2.06. The Morgan fingerprint density at radius 3 is 2.23 bits per heavy atom. The Labute approximate surface area is 175 Å². The highest BCUT2D eigenvalue weighted by Crippen LogP contribution is 2.34. The number of phenols is 1. The summed E-state index contributed by atoms with van der Waals surface area (Å²) in [5.41, 5.74) is 1.52. The number of carboxylic acid groups (broad SMARTS) is 1. The fourth-order valence-corrected chi connectivity index (χ4v) is 3.48. The van der Waals surface area contributed by atoms with Crippen LogP contribution in [0.3, 0.4) is 0 Å². The molecule has 3 aromatic carbocycles. The summed E-state index contributed by atoms with van der Waals surface area (Å²) in [6.45, 7) is 2.37. The monoisotopic (exact) mass is 410 g/mol. The minimum absolute atomic E-state index is 0.107. The summed E-state index contributed by atoms with van der Waals surface area (Å²) in [6.07, 6.45) is 1.97. The first-order valence-electron chi connectivity index (χ1n) is 9.84. The van der Waals surface area contributed by atoms with E-state index in [9.17, 15) is 15.0 Å². The van der Waals surface area contributed by atoms with E-state index in [1.165, 1.54) is 6.07 Å². The fourth-order valence-electron chi connectivity index (χ4n) is 3.48. The highest BCUT2D eigenvalue weighted by molar-refractivity contribution is 5.91. The first-order valence-corrected chi connectivity index (χ1v) is 9.84. The smallest absolute Gasteiger partial charge is 0.339 e. The third-order valence-electron chi connectivity index (χ3n) is 5.03. The molecule has 0 bridgehead atoms. The van der Waals surface area contributed by atoms with Gasteiger partial charge in [-0.25, -0.2) is 4.79 Å². The topological polar surface area (TPSA) is 85.2 Å². The second-order valence-electron chi connectivity index (χ2n) is 6.98. The van der Waals surface area contributed by atoms with Crippen molar-refractivity contribution in [3.63, 3.8) is 0 Å². The predicted octanol–water partition coefficient (Wildman–Crippen LogP) is 4.83. The number of carbonyl (C=O) groups is 1. The molecule has 0 amide bonds. The van der Waals surface area contributed by atoms with Crippen molar-refractivity contribution in [1.29, 1.82) is 0 Å². The third kappa shape index (κ3) is 4.43. The van der Waals surface area contributed by atoms with Crippen LogP contribution in [-0.4, -0.2) is 37.0 Å². The standard InChI is InChI=1S/C24H26O6/c1-4-5-18-20(9-8-19(23(18)25)24(26)27)30-11-10-15-6-7-16-13-21(28-2)22(29-3)14-17(16)12-15/h6-9,12-14,25H,4-5,10-11H2,1-3H3,(H,26,27). The Bertz CT molecular complexity index is 1060. The summed E-state index contributed by atoms with van der Waals surface area (Å²) in [5.74, 6) is 0.519. The molecule has 0 aromatic heterocycles. The summed E-state index contributed by atoms with van der Waals surface area (Å²) in [7, 11) is 3.23. The fraction of sp³-hybridized carbons (Fsp3) is 0.292. The van der Waals surface area contributed by atoms with E-state index in [2.05, 4.69) is 6.07 Å². The molecule has 0 atom stereocenters. The molecule has 0 aliphatic rings. The van der Waals surface area contributed by atoms with Gasteiger partial charge in [-0.15, -0.1) is 0 Å². The average molecular weight is 410 g/mol. The molecule has 0 spiro atoms. The van der Waals surface area contributed by atoms with Crippen molar-refractivity contribution in [3.05, 3.63) is 59.2 Å². The van der Waals surface area contributed by atoms with E-state index in [1.807, 2.05) is 31.2 Å². The molecule has 2 N–H and O–H groups in total. The molecule has 0 aliphatic carbocycles. The number of rotatable bonds is 9. The van der Waals surface area contributed by atoms with E-state index in [0.717, 1.165) is 22.8 Å². The molecule has 0 saturated carbocycles. The highest BCUT2D eigenvalue weighted by Gasteiger charge is 2.17. The molecule has 6 nitrogen and oxygen atoms in total. The summed E-state index contributed by atoms with van der Waals surface area (Å²) in [4.78, 5) is 11.3. The van der Waals surface area contributed by atoms with Crippen LogP contribution in [0.25, 0.3) is 10.8 Å². The second-order valence-corrected chi connectivity index (χ2v) is 6.98. The molecule has 0 unspecified atom stereocenters. The van der Waals surface area contributed by atoms with Crippen LogP contribution in [0, 0.1) is 0 Å². The SMILES string of the molecule is CCCc1c(OCCc2ccc3cc(OC)c(OC)cc3c2)ccc(C(=O)O)c1O. The normalized spacial score (nSPS) is 10.8. The zero-order chi connectivity index (χ0) is 21.7. The lowest BCUT2D eigenvalue weighted by atomic mass is 10.0. The third-order valence-corrected chi connectivity index (χ3v) is 5.03. The van der Waals surface area contributed by atoms with Gasteiger partial charge in [0.1, 0.15) is 17.1 Å². The Balaban J connectivity index is 1.77. The Hall–Kier alpha value is -3.41. The Morgan fingerprint density at radius 1 is 0.900 bits per heavy atom. The van der Waals surface area contributed by atoms with Crippen LogP contribution in [0.1, 0.15) is 34.8 Å². The van der Waals surface area contributed by atoms with Gasteiger partial charge in [0.25, 0.3) is 0 Å². The molecule has 0 heterocycles. The van der Waals surface area contributed by atoms with Gasteiger partial charge in [0, 0.05) is 12.0 Å². The molecule has 3 rings (SSSR count). The first-order chi connectivity index (χ1) is 14.5. The van der Waals surface area contributed by atoms with Gasteiger partial charge in [0.15, 0.2) is 11.5 Å². The summed E-state index contributed by atoms with van der Waals surface area (Å²) < 4.78 is 16.6. The summed E-state index contributed by atoms with van der Waals surface area (Å²) >= 11 is 0. The van der Waals surface area contributed by atoms with Crippen LogP contribution in [0.4, 0.5) is 0 Å². The molecule has 158 valence electrons. The van der Waals surface area contributed by atoms with Crippen LogP contribution < -0.4 is 14.2 Å². The number of benzene rings is 3. The predicted molar refractivity (Wildman–Crippen MR) is 115 cm³/mol. The van der Waals surface area contributed by atoms with Gasteiger partial charge < -0.3 is 24.4 Å². The van der Waals surface area contributed by atoms with Crippen molar-refractivity contribution < 1.29 is 29.2 Å². The van der Waals surface area contributed by atoms with Crippen molar-refractivity contribution in [2.24, 2.45) is 0 Å². The number of aromatic carboxylic acids is 1. The molecule has 3 aromatic rings. The number of hydrogen-bond donors (Lipinski definition) is 2. The van der Waals surface area contributed by atoms with Gasteiger partial charge in [0.05, 0.1) is 20.8 Å². The zero-order valence-electron chi connectivity index (χ0n) is 17.4. The van der Waals surface area contributed by atoms with Gasteiger partial charge in [-0.05, 0) is 47.0 Å². The van der Waals surface area contributed by atoms with Crippen molar-refractivity contribution in [3.8, 4) is 23.0 Å². The molecule has 30 heavy (non-hydrogen) atoms. The maximum absolute atomic E-state index is 11.3. The minimum atomic E-state index is -1.15. The second kappa shape index (κ2) is 9.39. The number of methoxy groups -OCH3 is 2. The van der Waals surface area contributed by atoms with E-state index < -0.39 is 5.97 Å². The van der Waals surface area contributed by atoms with Crippen LogP contribution >= 0.6 is 0 Å². The Kier molecular flexibility index (Phi) is 6.67. The molecule has 6 heteroatoms. The molecule has 0 aliphatic heterocycles. The highest BCUT2D eigenvalue weighted by atomic mass is 16.5. The van der Waals surface area contributed by atoms with Crippen molar-refractivity contribution >= 4 is 16.7 Å². The van der Waals surface area contributed by atoms with Gasteiger partial charge >= 0.3 is 5.97 Å². The number of carboxylic acids is 1. The van der Waals surface area contributed by atoms with E-state index in [0.29, 0.717) is 42.3 Å². The minimum Gasteiger partial charge on any atom is -0.507 e. The van der Waals surface area contributed by atoms with Gasteiger partial charge in [0.2, 0.25) is 0 Å². The average Bonchev–Trinajstić information content (AvgIpc) is 2.74. The van der Waals surface area contributed by atoms with Crippen molar-refractivity contribution in [1.82, 2.24) is 0 Å². The van der Waals surface area contributed by atoms with Crippen LogP contribution in [0.15, 0.2) is 42.5 Å². The van der Waals surface area contributed by atoms with E-state index >= 15 is 0 Å². The van der Waals surface area contributed by atoms with Crippen LogP contribution in [0.5, 0.6) is 23.0 Å². The molecule has 0 saturated heterocycles. The number of fused-ring (bicyclic) bond motifs is 1. The van der Waals surface area contributed by atoms with Gasteiger partial charge in [-0.1, -0.05) is 31.5 Å². The van der Waals surface area contributed by atoms with E-state index in [-0.39, 0.29) is 11.3 Å². The van der Waals surface area contributed by atoms with E-state index in [4.69, 9.17) is 14.2 Å². The number of ether oxygens (including phenoxy) is 3. The number of aromatic hydroxyl groups is 1. The molecule has 0 radical (unpaired) electrons. The lowest BCUT2D eigenvalue weighted by molar-refractivity contribution is 0.0693. The summed E-state index contributed by atoms with van der Waals surface area (Å²) in [6, 6.07) is 13.0. The van der Waals surface area contributed by atoms with Crippen LogP contribution in [0.2, 0.25) is 0 Å². The van der Waals surface area contributed by atoms with Crippen molar-refractivity contribution in [2.75, 3.05) is 20.8 Å². The molecular weight excluding hydrogens is 384 g/mol. The lowest BCUT2D eigenvalue weighted by Gasteiger charge is -2.14. The van der Waals surface area contributed by atoms with Crippen molar-refractivity contribution in [2.45, 2.75) is 26.2 Å². The van der Waals surface area contributed by atoms with Gasteiger partial charge in [-0.2, -0.15) is 0 Å². The number of hydrogen-bond acceptors (Lipinski definition) is 5. The molecule has 0 fully saturated rings. The Morgan fingerprint density at radius 2 is 1.60 bits per heavy atom. The molecular formula is C24H26O6. The maximum atomic E-state index is 11.3. The summed E-state index contributed by atoms with van der Waals surface area (Å²) in [5, 5.41) is 21.6. The maximum Gasteiger partial charge on any atom is 0.339 e. The quantitative estimate of drug-likeness (QED) is 0.525. The first kappa shape index (κ1) is 21.3.